The third kappa shape index (κ3) is 12.9. The lowest BCUT2D eigenvalue weighted by molar-refractivity contribution is -0.142. The lowest BCUT2D eigenvalue weighted by Gasteiger charge is -2.42. The summed E-state index contributed by atoms with van der Waals surface area (Å²) in [5, 5.41) is 0. The number of rotatable bonds is 15. The maximum absolute atomic E-state index is 13.5. The van der Waals surface area contributed by atoms with Gasteiger partial charge in [-0.2, -0.15) is 0 Å². The van der Waals surface area contributed by atoms with Crippen molar-refractivity contribution in [3.8, 4) is 11.5 Å². The first-order valence-corrected chi connectivity index (χ1v) is 23.4. The van der Waals surface area contributed by atoms with Gasteiger partial charge in [0.05, 0.1) is 38.4 Å². The number of carbonyl (C=O) groups is 1. The van der Waals surface area contributed by atoms with Crippen molar-refractivity contribution in [2.45, 2.75) is 87.9 Å². The van der Waals surface area contributed by atoms with Gasteiger partial charge >= 0.3 is 0 Å². The first-order chi connectivity index (χ1) is 29.1. The number of amides is 1. The summed E-state index contributed by atoms with van der Waals surface area (Å²) in [5.74, 6) is 2.19. The van der Waals surface area contributed by atoms with Crippen LogP contribution < -0.4 is 9.47 Å². The highest BCUT2D eigenvalue weighted by atomic mass is 16.5. The highest BCUT2D eigenvalue weighted by Gasteiger charge is 2.44. The highest BCUT2D eigenvalue weighted by Crippen LogP contribution is 2.39. The summed E-state index contributed by atoms with van der Waals surface area (Å²) < 4.78 is 34.4. The van der Waals surface area contributed by atoms with Gasteiger partial charge in [0.1, 0.15) is 11.5 Å². The second kappa shape index (κ2) is 23.4. The van der Waals surface area contributed by atoms with E-state index in [0.717, 1.165) is 187 Å². The fourth-order valence-corrected chi connectivity index (χ4v) is 9.99. The Balaban J connectivity index is 0.000000179. The van der Waals surface area contributed by atoms with E-state index in [1.54, 1.807) is 0 Å². The maximum Gasteiger partial charge on any atom is 0.233 e. The Kier molecular flexibility index (Phi) is 17.6. The number of piperidine rings is 1. The Morgan fingerprint density at radius 2 is 0.966 bits per heavy atom. The molecule has 0 N–H and O–H groups in total. The highest BCUT2D eigenvalue weighted by molar-refractivity contribution is 5.88. The number of benzene rings is 2. The van der Waals surface area contributed by atoms with Crippen LogP contribution >= 0.6 is 0 Å². The number of morpholine rings is 1. The van der Waals surface area contributed by atoms with Gasteiger partial charge in [0.15, 0.2) is 0 Å². The zero-order valence-electron chi connectivity index (χ0n) is 36.1. The minimum atomic E-state index is -0.427. The molecule has 6 saturated heterocycles. The van der Waals surface area contributed by atoms with Crippen molar-refractivity contribution in [2.75, 3.05) is 138 Å². The molecule has 6 heterocycles. The summed E-state index contributed by atoms with van der Waals surface area (Å²) in [7, 11) is 0. The molecule has 11 heteroatoms. The number of ether oxygens (including phenoxy) is 6. The van der Waals surface area contributed by atoms with Crippen LogP contribution in [0.15, 0.2) is 48.5 Å². The second-order valence-electron chi connectivity index (χ2n) is 17.6. The molecule has 0 saturated carbocycles. The third-order valence-corrected chi connectivity index (χ3v) is 13.6. The molecule has 2 aromatic carbocycles. The van der Waals surface area contributed by atoms with Crippen molar-refractivity contribution in [1.82, 2.24) is 19.6 Å². The second-order valence-corrected chi connectivity index (χ2v) is 17.6. The van der Waals surface area contributed by atoms with Crippen LogP contribution in [0.4, 0.5) is 0 Å². The van der Waals surface area contributed by atoms with Gasteiger partial charge in [-0.15, -0.1) is 0 Å². The summed E-state index contributed by atoms with van der Waals surface area (Å²) in [4.78, 5) is 23.2. The van der Waals surface area contributed by atoms with Crippen molar-refractivity contribution in [3.05, 3.63) is 59.7 Å². The standard InChI is InChI=1S/C24H38N2O4.C24H36N2O3/c1-9-25(11-18-27-14-1)10-2-15-30-23-5-3-22(4-6-23)24(7-16-28-17-8-24)21-26-12-19-29-20-13-26;27-23(26-16-2-1-3-17-26)24(11-19-28-20-12-24)21-7-9-22(10-8-21)29-18-6-15-25-13-4-5-14-25/h3-6H,1-2,7-21H2;7-10H,1-6,11-20H2. The van der Waals surface area contributed by atoms with Gasteiger partial charge in [0.2, 0.25) is 5.91 Å². The molecule has 0 radical (unpaired) electrons. The fraction of sp³-hybridized carbons (Fsp3) is 0.729. The first kappa shape index (κ1) is 44.3. The minimum Gasteiger partial charge on any atom is -0.494 e. The van der Waals surface area contributed by atoms with Gasteiger partial charge in [0, 0.05) is 97.4 Å². The summed E-state index contributed by atoms with van der Waals surface area (Å²) >= 11 is 0. The smallest absolute Gasteiger partial charge is 0.233 e. The van der Waals surface area contributed by atoms with Crippen LogP contribution in [0.2, 0.25) is 0 Å². The van der Waals surface area contributed by atoms with Crippen LogP contribution in [0.1, 0.15) is 88.2 Å². The molecule has 6 aliphatic rings. The normalized spacial score (nSPS) is 23.2. The molecule has 6 fully saturated rings. The van der Waals surface area contributed by atoms with Crippen molar-refractivity contribution >= 4 is 5.91 Å². The Hall–Kier alpha value is -2.77. The summed E-state index contributed by atoms with van der Waals surface area (Å²) in [6, 6.07) is 17.2. The molecule has 8 rings (SSSR count). The van der Waals surface area contributed by atoms with Gasteiger partial charge in [-0.3, -0.25) is 9.69 Å². The Labute approximate surface area is 354 Å². The molecule has 2 aromatic rings. The third-order valence-electron chi connectivity index (χ3n) is 13.6. The van der Waals surface area contributed by atoms with Gasteiger partial charge in [0.25, 0.3) is 0 Å². The zero-order chi connectivity index (χ0) is 40.4. The first-order valence-electron chi connectivity index (χ1n) is 23.4. The van der Waals surface area contributed by atoms with E-state index in [9.17, 15) is 4.79 Å². The maximum atomic E-state index is 13.5. The van der Waals surface area contributed by atoms with Crippen molar-refractivity contribution < 1.29 is 33.2 Å². The van der Waals surface area contributed by atoms with Crippen LogP contribution in [0.5, 0.6) is 11.5 Å². The molecule has 0 bridgehead atoms. The van der Waals surface area contributed by atoms with Crippen LogP contribution in [0, 0.1) is 0 Å². The number of hydrogen-bond donors (Lipinski definition) is 0. The quantitative estimate of drug-likeness (QED) is 0.195. The van der Waals surface area contributed by atoms with Gasteiger partial charge in [-0.25, -0.2) is 0 Å². The molecule has 0 unspecified atom stereocenters. The molecule has 0 aromatic heterocycles. The average molecular weight is 819 g/mol. The Morgan fingerprint density at radius 3 is 1.58 bits per heavy atom. The monoisotopic (exact) mass is 819 g/mol. The average Bonchev–Trinajstić information content (AvgIpc) is 3.69. The lowest BCUT2D eigenvalue weighted by atomic mass is 9.72. The number of hydrogen-bond acceptors (Lipinski definition) is 10. The molecule has 59 heavy (non-hydrogen) atoms. The largest absolute Gasteiger partial charge is 0.494 e. The van der Waals surface area contributed by atoms with E-state index in [1.165, 1.54) is 37.9 Å². The molecule has 1 amide bonds. The number of nitrogens with zero attached hydrogens (tertiary/aromatic N) is 4. The van der Waals surface area contributed by atoms with Gasteiger partial charge in [-0.05, 0) is 126 Å². The number of likely N-dealkylation sites (tertiary alicyclic amines) is 2. The van der Waals surface area contributed by atoms with E-state index in [2.05, 4.69) is 56.0 Å². The summed E-state index contributed by atoms with van der Waals surface area (Å²) in [6.07, 6.45) is 13.2. The van der Waals surface area contributed by atoms with E-state index in [1.807, 2.05) is 12.1 Å². The van der Waals surface area contributed by atoms with Gasteiger partial charge < -0.3 is 43.1 Å². The van der Waals surface area contributed by atoms with Gasteiger partial charge in [-0.1, -0.05) is 24.3 Å². The molecule has 0 spiro atoms. The van der Waals surface area contributed by atoms with E-state index in [4.69, 9.17) is 28.4 Å². The van der Waals surface area contributed by atoms with E-state index < -0.39 is 5.41 Å². The predicted molar refractivity (Wildman–Crippen MR) is 232 cm³/mol. The topological polar surface area (TPSA) is 85.4 Å². The van der Waals surface area contributed by atoms with Crippen molar-refractivity contribution in [1.29, 1.82) is 0 Å². The molecule has 11 nitrogen and oxygen atoms in total. The lowest BCUT2D eigenvalue weighted by Crippen LogP contribution is -2.51. The van der Waals surface area contributed by atoms with Crippen LogP contribution in [-0.2, 0) is 34.6 Å². The Bertz CT molecular complexity index is 1470. The zero-order valence-corrected chi connectivity index (χ0v) is 36.1. The SMILES string of the molecule is O=C(N1CCCCC1)C1(c2ccc(OCCCN3CCCC3)cc2)CCOCC1.c1cc(C2(CN3CCOCC3)CCOCC2)ccc1OCCCN1CCCOCC1. The van der Waals surface area contributed by atoms with E-state index in [-0.39, 0.29) is 5.41 Å². The molecule has 6 aliphatic heterocycles. The minimum absolute atomic E-state index is 0.183. The van der Waals surface area contributed by atoms with Crippen LogP contribution in [0.25, 0.3) is 0 Å². The van der Waals surface area contributed by atoms with E-state index in [0.29, 0.717) is 19.1 Å². The Morgan fingerprint density at radius 1 is 0.492 bits per heavy atom. The predicted octanol–water partition coefficient (Wildman–Crippen LogP) is 6.17. The number of carbonyl (C=O) groups excluding carboxylic acids is 1. The molecule has 0 aliphatic carbocycles. The van der Waals surface area contributed by atoms with Crippen LogP contribution in [0.3, 0.4) is 0 Å². The van der Waals surface area contributed by atoms with Crippen molar-refractivity contribution in [3.63, 3.8) is 0 Å². The molecule has 328 valence electrons. The fourth-order valence-electron chi connectivity index (χ4n) is 9.99. The molecule has 0 atom stereocenters. The molecular formula is C48H74N4O7. The summed E-state index contributed by atoms with van der Waals surface area (Å²) in [6.45, 7) is 19.9. The summed E-state index contributed by atoms with van der Waals surface area (Å²) in [5.41, 5.74) is 2.31. The van der Waals surface area contributed by atoms with E-state index >= 15 is 0 Å². The molecular weight excluding hydrogens is 745 g/mol. The van der Waals surface area contributed by atoms with Crippen molar-refractivity contribution in [2.24, 2.45) is 0 Å². The van der Waals surface area contributed by atoms with Crippen LogP contribution in [-0.4, -0.2) is 164 Å².